The highest BCUT2D eigenvalue weighted by molar-refractivity contribution is 6.01. The van der Waals surface area contributed by atoms with Gasteiger partial charge in [0.05, 0.1) is 48.6 Å². The molecule has 1 unspecified atom stereocenters. The van der Waals surface area contributed by atoms with Crippen LogP contribution in [0.5, 0.6) is 0 Å². The number of rotatable bonds is 3. The normalized spacial score (nSPS) is 31.9. The number of hydrogen-bond donors (Lipinski definition) is 1. The van der Waals surface area contributed by atoms with Gasteiger partial charge in [-0.25, -0.2) is 9.18 Å². The number of morpholine rings is 1. The Kier molecular flexibility index (Phi) is 5.09. The van der Waals surface area contributed by atoms with Gasteiger partial charge in [-0.1, -0.05) is 10.3 Å². The lowest BCUT2D eigenvalue weighted by molar-refractivity contribution is -0.0522. The molecule has 1 aromatic heterocycles. The van der Waals surface area contributed by atoms with Crippen molar-refractivity contribution in [1.29, 1.82) is 0 Å². The van der Waals surface area contributed by atoms with Crippen molar-refractivity contribution in [2.24, 2.45) is 15.5 Å². The highest BCUT2D eigenvalue weighted by Gasteiger charge is 2.53. The van der Waals surface area contributed by atoms with E-state index in [2.05, 4.69) is 30.4 Å². The number of halogens is 1. The first kappa shape index (κ1) is 22.1. The van der Waals surface area contributed by atoms with Gasteiger partial charge >= 0.3 is 6.09 Å². The monoisotopic (exact) mass is 484 g/mol. The fourth-order valence-corrected chi connectivity index (χ4v) is 6.18. The first-order valence-electron chi connectivity index (χ1n) is 11.6. The number of azide groups is 1. The summed E-state index contributed by atoms with van der Waals surface area (Å²) in [5, 5.41) is 11.3. The molecule has 0 aliphatic carbocycles. The van der Waals surface area contributed by atoms with Crippen LogP contribution in [0, 0.1) is 11.2 Å². The third kappa shape index (κ3) is 3.26. The van der Waals surface area contributed by atoms with Crippen molar-refractivity contribution < 1.29 is 23.2 Å². The van der Waals surface area contributed by atoms with Crippen molar-refractivity contribution in [1.82, 2.24) is 10.5 Å². The van der Waals surface area contributed by atoms with E-state index in [0.717, 1.165) is 5.56 Å². The summed E-state index contributed by atoms with van der Waals surface area (Å²) in [6.45, 7) is 5.78. The number of nitrogens with zero attached hydrogens (tertiary/aromatic N) is 7. The maximum Gasteiger partial charge on any atom is 0.416 e. The minimum atomic E-state index is -0.646. The summed E-state index contributed by atoms with van der Waals surface area (Å²) in [5.74, 6) is -0.366. The van der Waals surface area contributed by atoms with Crippen LogP contribution in [0.25, 0.3) is 21.4 Å². The summed E-state index contributed by atoms with van der Waals surface area (Å²) in [4.78, 5) is 23.2. The quantitative estimate of drug-likeness (QED) is 0.401. The van der Waals surface area contributed by atoms with E-state index in [4.69, 9.17) is 19.5 Å². The number of benzene rings is 1. The molecular weight excluding hydrogens is 459 g/mol. The van der Waals surface area contributed by atoms with Gasteiger partial charge < -0.3 is 18.9 Å². The Morgan fingerprint density at radius 3 is 3.06 bits per heavy atom. The molecular formula is C22H25FN8O4. The van der Waals surface area contributed by atoms with E-state index in [9.17, 15) is 4.79 Å². The molecule has 6 rings (SSSR count). The second-order valence-electron chi connectivity index (χ2n) is 9.65. The second kappa shape index (κ2) is 8.08. The largest absolute Gasteiger partial charge is 0.447 e. The fourth-order valence-electron chi connectivity index (χ4n) is 6.18. The van der Waals surface area contributed by atoms with Gasteiger partial charge in [0.1, 0.15) is 6.61 Å². The van der Waals surface area contributed by atoms with E-state index in [0.29, 0.717) is 37.3 Å². The third-order valence-electron chi connectivity index (χ3n) is 7.37. The van der Waals surface area contributed by atoms with Gasteiger partial charge in [0.25, 0.3) is 0 Å². The Morgan fingerprint density at radius 1 is 1.43 bits per heavy atom. The summed E-state index contributed by atoms with van der Waals surface area (Å²) in [7, 11) is 0. The summed E-state index contributed by atoms with van der Waals surface area (Å²) in [6, 6.07) is 1.18. The molecule has 5 atom stereocenters. The van der Waals surface area contributed by atoms with Crippen LogP contribution in [0.2, 0.25) is 0 Å². The number of nitrogens with one attached hydrogen (secondary N) is 1. The zero-order valence-electron chi connectivity index (χ0n) is 19.3. The number of hydrogen-bond acceptors (Lipinski definition) is 9. The summed E-state index contributed by atoms with van der Waals surface area (Å²) >= 11 is 0. The van der Waals surface area contributed by atoms with Gasteiger partial charge in [0, 0.05) is 29.6 Å². The van der Waals surface area contributed by atoms with Crippen LogP contribution < -0.4 is 15.1 Å². The maximum atomic E-state index is 16.2. The Hall–Kier alpha value is -3.41. The van der Waals surface area contributed by atoms with E-state index in [1.54, 1.807) is 0 Å². The lowest BCUT2D eigenvalue weighted by Crippen LogP contribution is -2.67. The second-order valence-corrected chi connectivity index (χ2v) is 9.65. The topological polar surface area (TPSA) is 141 Å². The first-order chi connectivity index (χ1) is 16.9. The molecule has 0 saturated carbocycles. The number of amides is 1. The first-order valence-corrected chi connectivity index (χ1v) is 11.6. The van der Waals surface area contributed by atoms with E-state index in [1.165, 1.54) is 4.90 Å². The van der Waals surface area contributed by atoms with Crippen molar-refractivity contribution in [3.05, 3.63) is 27.9 Å². The number of carbonyl (C=O) groups excluding carboxylic acids is 1. The van der Waals surface area contributed by atoms with Gasteiger partial charge in [-0.3, -0.25) is 15.2 Å². The molecule has 2 aromatic rings. The average Bonchev–Trinajstić information content (AvgIpc) is 3.40. The van der Waals surface area contributed by atoms with Crippen molar-refractivity contribution in [2.45, 2.75) is 44.6 Å². The Labute approximate surface area is 199 Å². The molecule has 0 bridgehead atoms. The Balaban J connectivity index is 1.51. The molecule has 4 aliphatic heterocycles. The third-order valence-corrected chi connectivity index (χ3v) is 7.37. The van der Waals surface area contributed by atoms with Crippen molar-refractivity contribution >= 4 is 34.8 Å². The molecule has 1 amide bonds. The standard InChI is InChI=1S/C22H25FN8O4/c1-11-6-30-17-13(4-22(8-25-10-26-9-22)19(30)12(2)34-11)3-15-18(16(17)23)35-28-20(15)31-14(5-27-29-24)7-33-21(31)32/h3,8,11-12,14,19,26H,4-7,9-10H2,1-2H3/t11-,12+,14+,19-,22?/m1/s1. The molecule has 1 N–H and O–H groups in total. The van der Waals surface area contributed by atoms with Gasteiger partial charge in [0.15, 0.2) is 11.6 Å². The predicted octanol–water partition coefficient (Wildman–Crippen LogP) is 2.76. The molecule has 35 heavy (non-hydrogen) atoms. The Bertz CT molecular complexity index is 1280. The molecule has 2 fully saturated rings. The van der Waals surface area contributed by atoms with Crippen LogP contribution in [0.1, 0.15) is 19.4 Å². The molecule has 184 valence electrons. The maximum absolute atomic E-state index is 16.2. The van der Waals surface area contributed by atoms with Crippen LogP contribution >= 0.6 is 0 Å². The number of anilines is 2. The van der Waals surface area contributed by atoms with Gasteiger partial charge in [-0.15, -0.1) is 0 Å². The van der Waals surface area contributed by atoms with Crippen molar-refractivity contribution in [2.75, 3.05) is 42.7 Å². The van der Waals surface area contributed by atoms with Crippen LogP contribution in [0.15, 0.2) is 20.7 Å². The molecule has 1 spiro atoms. The van der Waals surface area contributed by atoms with Gasteiger partial charge in [-0.2, -0.15) is 0 Å². The highest BCUT2D eigenvalue weighted by atomic mass is 19.1. The molecule has 0 radical (unpaired) electrons. The number of cyclic esters (lactones) is 1. The minimum absolute atomic E-state index is 0.000492. The Morgan fingerprint density at radius 2 is 2.29 bits per heavy atom. The smallest absolute Gasteiger partial charge is 0.416 e. The zero-order valence-corrected chi connectivity index (χ0v) is 19.3. The van der Waals surface area contributed by atoms with E-state index in [-0.39, 0.29) is 42.8 Å². The lowest BCUT2D eigenvalue weighted by atomic mass is 9.68. The highest BCUT2D eigenvalue weighted by Crippen LogP contribution is 2.48. The van der Waals surface area contributed by atoms with E-state index >= 15 is 4.39 Å². The van der Waals surface area contributed by atoms with Crippen LogP contribution in [-0.4, -0.2) is 74.7 Å². The zero-order chi connectivity index (χ0) is 24.3. The molecule has 4 aliphatic rings. The number of aromatic nitrogens is 1. The van der Waals surface area contributed by atoms with Crippen LogP contribution in [-0.2, 0) is 15.9 Å². The number of ether oxygens (including phenoxy) is 2. The number of fused-ring (bicyclic) bond motifs is 5. The predicted molar refractivity (Wildman–Crippen MR) is 124 cm³/mol. The SMILES string of the molecule is C[C@@H]1CN2c3c(cc4c(N5C(=O)OC[C@@H]5CN=[N+]=[N-])noc4c3F)CC3(C=NCNC3)[C@H]2[C@H](C)O1. The molecule has 1 aromatic carbocycles. The fraction of sp³-hybridized carbons (Fsp3) is 0.591. The van der Waals surface area contributed by atoms with Crippen LogP contribution in [0.4, 0.5) is 20.7 Å². The number of aliphatic imine (C=N–C) groups is 1. The average molecular weight is 484 g/mol. The van der Waals surface area contributed by atoms with E-state index < -0.39 is 23.4 Å². The van der Waals surface area contributed by atoms with Gasteiger partial charge in [-0.05, 0) is 37.4 Å². The van der Waals surface area contributed by atoms with Crippen molar-refractivity contribution in [3.8, 4) is 0 Å². The van der Waals surface area contributed by atoms with Crippen LogP contribution in [0.3, 0.4) is 0 Å². The molecule has 12 nitrogen and oxygen atoms in total. The minimum Gasteiger partial charge on any atom is -0.447 e. The molecule has 2 saturated heterocycles. The molecule has 5 heterocycles. The summed E-state index contributed by atoms with van der Waals surface area (Å²) in [5.41, 5.74) is 9.55. The summed E-state index contributed by atoms with van der Waals surface area (Å²) < 4.78 is 32.9. The van der Waals surface area contributed by atoms with E-state index in [1.807, 2.05) is 26.1 Å². The number of carbonyl (C=O) groups is 1. The lowest BCUT2D eigenvalue weighted by Gasteiger charge is -2.56. The van der Waals surface area contributed by atoms with Crippen molar-refractivity contribution in [3.63, 3.8) is 0 Å². The summed E-state index contributed by atoms with van der Waals surface area (Å²) in [6.07, 6.45) is 1.65. The van der Waals surface area contributed by atoms with Gasteiger partial charge in [0.2, 0.25) is 5.58 Å². The molecule has 13 heteroatoms.